The summed E-state index contributed by atoms with van der Waals surface area (Å²) in [7, 11) is -2.69. The van der Waals surface area contributed by atoms with Gasteiger partial charge in [0.2, 0.25) is 9.60 Å². The second-order valence-electron chi connectivity index (χ2n) is 10.6. The van der Waals surface area contributed by atoms with Gasteiger partial charge >= 0.3 is 29.6 Å². The van der Waals surface area contributed by atoms with Crippen LogP contribution >= 0.6 is 22.7 Å². The SMILES string of the molecule is CCC(CC(C)n1ccnc1)c1ccc(Cn2c(=NN=c3sc4cc(S(=O)(=O)[O-])ccc4n3C)sc3ccccc32)cc1.[Na+]. The Morgan fingerprint density at radius 1 is 0.955 bits per heavy atom. The molecule has 6 rings (SSSR count). The van der Waals surface area contributed by atoms with Gasteiger partial charge in [0, 0.05) is 25.5 Å². The van der Waals surface area contributed by atoms with Gasteiger partial charge in [0.25, 0.3) is 0 Å². The fraction of sp³-hybridized carbons (Fsp3) is 0.258. The Morgan fingerprint density at radius 3 is 2.39 bits per heavy atom. The number of fused-ring (bicyclic) bond motifs is 2. The first-order chi connectivity index (χ1) is 20.7. The van der Waals surface area contributed by atoms with E-state index in [1.165, 1.54) is 34.6 Å². The van der Waals surface area contributed by atoms with Crippen LogP contribution in [-0.4, -0.2) is 31.7 Å². The maximum absolute atomic E-state index is 11.5. The molecule has 3 aromatic heterocycles. The van der Waals surface area contributed by atoms with Gasteiger partial charge in [0.15, 0.2) is 0 Å². The number of thiazole rings is 2. The number of imidazole rings is 1. The number of aryl methyl sites for hydroxylation is 1. The summed E-state index contributed by atoms with van der Waals surface area (Å²) >= 11 is 2.86. The van der Waals surface area contributed by atoms with E-state index in [9.17, 15) is 13.0 Å². The van der Waals surface area contributed by atoms with Crippen LogP contribution in [0.5, 0.6) is 0 Å². The van der Waals surface area contributed by atoms with Crippen molar-refractivity contribution >= 4 is 53.2 Å². The summed E-state index contributed by atoms with van der Waals surface area (Å²) in [6.07, 6.45) is 7.85. The average Bonchev–Trinajstić information content (AvgIpc) is 3.73. The van der Waals surface area contributed by atoms with E-state index in [2.05, 4.69) is 74.6 Å². The van der Waals surface area contributed by atoms with E-state index in [4.69, 9.17) is 0 Å². The molecule has 0 saturated heterocycles. The van der Waals surface area contributed by atoms with Crippen LogP contribution in [0.15, 0.2) is 101 Å². The smallest absolute Gasteiger partial charge is 0.744 e. The third-order valence-corrected chi connectivity index (χ3v) is 10.8. The molecule has 222 valence electrons. The average molecular weight is 655 g/mol. The van der Waals surface area contributed by atoms with E-state index < -0.39 is 10.1 Å². The monoisotopic (exact) mass is 654 g/mol. The molecule has 3 heterocycles. The molecule has 0 amide bonds. The van der Waals surface area contributed by atoms with E-state index in [1.807, 2.05) is 42.5 Å². The third kappa shape index (κ3) is 6.86. The second kappa shape index (κ2) is 13.7. The first-order valence-corrected chi connectivity index (χ1v) is 17.0. The Bertz CT molecular complexity index is 2140. The molecule has 0 fully saturated rings. The molecule has 0 bridgehead atoms. The maximum atomic E-state index is 11.5. The van der Waals surface area contributed by atoms with E-state index in [-0.39, 0.29) is 34.5 Å². The Labute approximate surface area is 285 Å². The van der Waals surface area contributed by atoms with Gasteiger partial charge < -0.3 is 18.3 Å². The molecule has 0 aliphatic rings. The predicted octanol–water partition coefficient (Wildman–Crippen LogP) is 2.97. The molecule has 0 radical (unpaired) electrons. The number of hydrogen-bond acceptors (Lipinski definition) is 8. The molecule has 0 saturated carbocycles. The summed E-state index contributed by atoms with van der Waals surface area (Å²) in [6, 6.07) is 21.8. The molecule has 0 spiro atoms. The van der Waals surface area contributed by atoms with Crippen LogP contribution in [0.3, 0.4) is 0 Å². The summed E-state index contributed by atoms with van der Waals surface area (Å²) in [5.74, 6) is 0.456. The molecular weight excluding hydrogens is 624 g/mol. The van der Waals surface area contributed by atoms with Crippen molar-refractivity contribution in [3.8, 4) is 0 Å². The summed E-state index contributed by atoms with van der Waals surface area (Å²) in [5, 5.41) is 9.22. The first kappa shape index (κ1) is 32.6. The van der Waals surface area contributed by atoms with Crippen LogP contribution in [0.4, 0.5) is 0 Å². The van der Waals surface area contributed by atoms with Crippen molar-refractivity contribution < 1.29 is 42.5 Å². The maximum Gasteiger partial charge on any atom is 1.00 e. The number of aromatic nitrogens is 4. The Morgan fingerprint density at radius 2 is 1.68 bits per heavy atom. The van der Waals surface area contributed by atoms with Crippen LogP contribution in [-0.2, 0) is 23.7 Å². The molecule has 2 atom stereocenters. The van der Waals surface area contributed by atoms with Crippen molar-refractivity contribution in [3.63, 3.8) is 0 Å². The minimum Gasteiger partial charge on any atom is -0.744 e. The van der Waals surface area contributed by atoms with Crippen molar-refractivity contribution in [3.05, 3.63) is 106 Å². The van der Waals surface area contributed by atoms with Crippen molar-refractivity contribution in [1.82, 2.24) is 18.7 Å². The minimum absolute atomic E-state index is 0. The molecule has 0 aliphatic carbocycles. The zero-order chi connectivity index (χ0) is 30.1. The summed E-state index contributed by atoms with van der Waals surface area (Å²) in [6.45, 7) is 5.12. The van der Waals surface area contributed by atoms with Gasteiger partial charge in [-0.1, -0.05) is 66.0 Å². The summed E-state index contributed by atoms with van der Waals surface area (Å²) in [4.78, 5) is 5.30. The van der Waals surface area contributed by atoms with E-state index >= 15 is 0 Å². The van der Waals surface area contributed by atoms with Crippen LogP contribution < -0.4 is 39.2 Å². The number of hydrogen-bond donors (Lipinski definition) is 0. The van der Waals surface area contributed by atoms with Crippen LogP contribution in [0.2, 0.25) is 0 Å². The molecule has 0 aliphatic heterocycles. The normalized spacial score (nSPS) is 14.3. The van der Waals surface area contributed by atoms with Crippen LogP contribution in [0, 0.1) is 0 Å². The van der Waals surface area contributed by atoms with E-state index in [0.717, 1.165) is 33.4 Å². The van der Waals surface area contributed by atoms with E-state index in [1.54, 1.807) is 17.4 Å². The van der Waals surface area contributed by atoms with Gasteiger partial charge in [0.1, 0.15) is 10.1 Å². The quantitative estimate of drug-likeness (QED) is 0.136. The van der Waals surface area contributed by atoms with Crippen molar-refractivity contribution in [1.29, 1.82) is 0 Å². The van der Waals surface area contributed by atoms with Gasteiger partial charge in [-0.15, -0.1) is 10.2 Å². The zero-order valence-electron chi connectivity index (χ0n) is 25.0. The molecular formula is C31H31N6NaO3S3. The molecule has 6 aromatic rings. The fourth-order valence-corrected chi connectivity index (χ4v) is 7.94. The molecule has 9 nitrogen and oxygen atoms in total. The predicted molar refractivity (Wildman–Crippen MR) is 170 cm³/mol. The molecule has 44 heavy (non-hydrogen) atoms. The summed E-state index contributed by atoms with van der Waals surface area (Å²) in [5.41, 5.74) is 4.37. The number of rotatable bonds is 9. The molecule has 2 unspecified atom stereocenters. The Hall–Kier alpha value is -2.84. The third-order valence-electron chi connectivity index (χ3n) is 7.82. The van der Waals surface area contributed by atoms with Crippen molar-refractivity contribution in [2.24, 2.45) is 17.3 Å². The standard InChI is InChI=1S/C31H32N6O3S3.Na/c1-4-23(17-21(2)36-16-15-32-20-36)24-11-9-22(10-12-24)19-37-27-7-5-6-8-28(27)41-31(37)34-33-30-35(3)26-14-13-25(43(38,39)40)18-29(26)42-30;/h5-16,18,20-21,23H,4,17,19H2,1-3H3,(H,38,39,40);/q;+1/p-1. The van der Waals surface area contributed by atoms with Crippen molar-refractivity contribution in [2.45, 2.75) is 50.1 Å². The van der Waals surface area contributed by atoms with E-state index in [0.29, 0.717) is 28.0 Å². The number of nitrogens with zero attached hydrogens (tertiary/aromatic N) is 6. The van der Waals surface area contributed by atoms with Gasteiger partial charge in [-0.3, -0.25) is 0 Å². The minimum atomic E-state index is -4.54. The van der Waals surface area contributed by atoms with Gasteiger partial charge in [-0.2, -0.15) is 0 Å². The number of benzene rings is 3. The number of para-hydroxylation sites is 1. The Kier molecular flexibility index (Phi) is 10.1. The second-order valence-corrected chi connectivity index (χ2v) is 14.0. The van der Waals surface area contributed by atoms with Gasteiger partial charge in [-0.25, -0.2) is 13.4 Å². The fourth-order valence-electron chi connectivity index (χ4n) is 5.38. The first-order valence-electron chi connectivity index (χ1n) is 14.0. The van der Waals surface area contributed by atoms with Gasteiger partial charge in [0.05, 0.1) is 38.2 Å². The molecule has 0 N–H and O–H groups in total. The van der Waals surface area contributed by atoms with Crippen molar-refractivity contribution in [2.75, 3.05) is 0 Å². The molecule has 3 aromatic carbocycles. The van der Waals surface area contributed by atoms with Crippen LogP contribution in [0.25, 0.3) is 20.4 Å². The summed E-state index contributed by atoms with van der Waals surface area (Å²) < 4.78 is 42.5. The Balaban J connectivity index is 0.00000384. The van der Waals surface area contributed by atoms with Crippen LogP contribution in [0.1, 0.15) is 49.8 Å². The van der Waals surface area contributed by atoms with Gasteiger partial charge in [-0.05, 0) is 67.1 Å². The zero-order valence-corrected chi connectivity index (χ0v) is 29.4. The topological polar surface area (TPSA) is 110 Å². The molecule has 13 heteroatoms. The largest absolute Gasteiger partial charge is 1.00 e.